The van der Waals surface area contributed by atoms with Crippen LogP contribution in [0.3, 0.4) is 0 Å². The minimum atomic E-state index is -3.32. The molecule has 0 amide bonds. The largest absolute Gasteiger partial charge is 0.494 e. The zero-order valence-electron chi connectivity index (χ0n) is 14.2. The summed E-state index contributed by atoms with van der Waals surface area (Å²) in [6.07, 6.45) is 3.20. The number of rotatable bonds is 8. The Kier molecular flexibility index (Phi) is 6.36. The average molecular weight is 359 g/mol. The van der Waals surface area contributed by atoms with E-state index in [0.29, 0.717) is 17.9 Å². The first kappa shape index (κ1) is 18.7. The maximum absolute atomic E-state index is 12.2. The molecule has 6 heteroatoms. The summed E-state index contributed by atoms with van der Waals surface area (Å²) in [5, 5.41) is 0. The average Bonchev–Trinajstić information content (AvgIpc) is 2.61. The van der Waals surface area contributed by atoms with Gasteiger partial charge in [0.25, 0.3) is 0 Å². The van der Waals surface area contributed by atoms with Crippen molar-refractivity contribution >= 4 is 27.6 Å². The zero-order chi connectivity index (χ0) is 18.3. The van der Waals surface area contributed by atoms with Crippen molar-refractivity contribution in [1.82, 2.24) is 0 Å². The molecule has 0 radical (unpaired) electrons. The van der Waals surface area contributed by atoms with Crippen LogP contribution < -0.4 is 9.46 Å². The zero-order valence-corrected chi connectivity index (χ0v) is 15.0. The van der Waals surface area contributed by atoms with Gasteiger partial charge in [0.2, 0.25) is 10.0 Å². The van der Waals surface area contributed by atoms with Crippen LogP contribution >= 0.6 is 0 Å². The molecule has 1 N–H and O–H groups in total. The van der Waals surface area contributed by atoms with Crippen LogP contribution in [0.4, 0.5) is 5.69 Å². The summed E-state index contributed by atoms with van der Waals surface area (Å²) in [6, 6.07) is 13.8. The van der Waals surface area contributed by atoms with Crippen LogP contribution in [-0.2, 0) is 10.0 Å². The van der Waals surface area contributed by atoms with Crippen molar-refractivity contribution in [2.45, 2.75) is 13.8 Å². The van der Waals surface area contributed by atoms with Crippen LogP contribution in [0.5, 0.6) is 5.75 Å². The summed E-state index contributed by atoms with van der Waals surface area (Å²) < 4.78 is 30.9. The lowest BCUT2D eigenvalue weighted by Crippen LogP contribution is -2.14. The Morgan fingerprint density at radius 2 is 1.84 bits per heavy atom. The first-order chi connectivity index (χ1) is 11.9. The highest BCUT2D eigenvalue weighted by atomic mass is 32.2. The lowest BCUT2D eigenvalue weighted by Gasteiger charge is -2.06. The number of carbonyl (C=O) groups excluding carboxylic acids is 1. The Morgan fingerprint density at radius 1 is 1.12 bits per heavy atom. The monoisotopic (exact) mass is 359 g/mol. The summed E-state index contributed by atoms with van der Waals surface area (Å²) in [4.78, 5) is 12.2. The Bertz CT molecular complexity index is 855. The molecule has 0 saturated heterocycles. The fourth-order valence-electron chi connectivity index (χ4n) is 2.10. The summed E-state index contributed by atoms with van der Waals surface area (Å²) in [6.45, 7) is 4.06. The summed E-state index contributed by atoms with van der Waals surface area (Å²) in [5.41, 5.74) is 1.79. The van der Waals surface area contributed by atoms with Crippen LogP contribution in [0.15, 0.2) is 54.6 Å². The smallest absolute Gasteiger partial charge is 0.232 e. The Labute approximate surface area is 148 Å². The molecule has 0 fully saturated rings. The number of anilines is 1. The highest BCUT2D eigenvalue weighted by Gasteiger charge is 2.07. The molecule has 132 valence electrons. The molecule has 0 unspecified atom stereocenters. The van der Waals surface area contributed by atoms with Gasteiger partial charge in [-0.05, 0) is 61.9 Å². The molecule has 25 heavy (non-hydrogen) atoms. The van der Waals surface area contributed by atoms with Gasteiger partial charge >= 0.3 is 0 Å². The summed E-state index contributed by atoms with van der Waals surface area (Å²) in [7, 11) is -3.32. The van der Waals surface area contributed by atoms with Gasteiger partial charge in [0.05, 0.1) is 12.4 Å². The third kappa shape index (κ3) is 5.76. The van der Waals surface area contributed by atoms with Crippen LogP contribution in [0.1, 0.15) is 29.8 Å². The first-order valence-electron chi connectivity index (χ1n) is 7.99. The van der Waals surface area contributed by atoms with Gasteiger partial charge in [-0.3, -0.25) is 9.52 Å². The van der Waals surface area contributed by atoms with Crippen LogP contribution in [0.2, 0.25) is 0 Å². The molecule has 0 bridgehead atoms. The van der Waals surface area contributed by atoms with Gasteiger partial charge in [-0.1, -0.05) is 18.2 Å². The van der Waals surface area contributed by atoms with Gasteiger partial charge in [0.15, 0.2) is 5.78 Å². The third-order valence-corrected chi connectivity index (χ3v) is 4.73. The van der Waals surface area contributed by atoms with Crippen molar-refractivity contribution in [3.8, 4) is 5.75 Å². The topological polar surface area (TPSA) is 72.5 Å². The lowest BCUT2D eigenvalue weighted by molar-refractivity contribution is 0.104. The highest BCUT2D eigenvalue weighted by Crippen LogP contribution is 2.16. The lowest BCUT2D eigenvalue weighted by atomic mass is 10.1. The second-order valence-corrected chi connectivity index (χ2v) is 7.30. The SMILES string of the molecule is CCOc1cccc(/C=C/C(=O)c2ccc(NS(=O)(=O)CC)cc2)c1. The molecule has 0 aliphatic carbocycles. The van der Waals surface area contributed by atoms with E-state index in [0.717, 1.165) is 11.3 Å². The first-order valence-corrected chi connectivity index (χ1v) is 9.64. The normalized spacial score (nSPS) is 11.4. The molecule has 2 aromatic carbocycles. The van der Waals surface area contributed by atoms with Gasteiger partial charge in [-0.2, -0.15) is 0 Å². The number of ketones is 1. The van der Waals surface area contributed by atoms with E-state index in [9.17, 15) is 13.2 Å². The van der Waals surface area contributed by atoms with Gasteiger partial charge in [-0.15, -0.1) is 0 Å². The molecular formula is C19H21NO4S. The summed E-state index contributed by atoms with van der Waals surface area (Å²) >= 11 is 0. The van der Waals surface area contributed by atoms with E-state index in [-0.39, 0.29) is 11.5 Å². The second kappa shape index (κ2) is 8.48. The second-order valence-electron chi connectivity index (χ2n) is 5.29. The maximum Gasteiger partial charge on any atom is 0.232 e. The fraction of sp³-hybridized carbons (Fsp3) is 0.211. The van der Waals surface area contributed by atoms with E-state index in [2.05, 4.69) is 4.72 Å². The van der Waals surface area contributed by atoms with Crippen molar-refractivity contribution in [3.63, 3.8) is 0 Å². The number of hydrogen-bond acceptors (Lipinski definition) is 4. The van der Waals surface area contributed by atoms with Gasteiger partial charge in [0, 0.05) is 11.3 Å². The van der Waals surface area contributed by atoms with E-state index in [4.69, 9.17) is 4.74 Å². The molecule has 2 aromatic rings. The van der Waals surface area contributed by atoms with E-state index >= 15 is 0 Å². The van der Waals surface area contributed by atoms with Crippen LogP contribution in [0, 0.1) is 0 Å². The highest BCUT2D eigenvalue weighted by molar-refractivity contribution is 7.92. The molecule has 0 aliphatic heterocycles. The summed E-state index contributed by atoms with van der Waals surface area (Å²) in [5.74, 6) is 0.591. The number of ether oxygens (including phenoxy) is 1. The molecule has 0 saturated carbocycles. The molecule has 0 aromatic heterocycles. The minimum Gasteiger partial charge on any atom is -0.494 e. The van der Waals surface area contributed by atoms with E-state index in [1.54, 1.807) is 37.3 Å². The van der Waals surface area contributed by atoms with Gasteiger partial charge in [-0.25, -0.2) is 8.42 Å². The molecule has 5 nitrogen and oxygen atoms in total. The fourth-order valence-corrected chi connectivity index (χ4v) is 2.74. The molecular weight excluding hydrogens is 338 g/mol. The molecule has 0 spiro atoms. The van der Waals surface area contributed by atoms with E-state index in [1.165, 1.54) is 6.08 Å². The number of carbonyl (C=O) groups is 1. The predicted molar refractivity (Wildman–Crippen MR) is 101 cm³/mol. The van der Waals surface area contributed by atoms with E-state index < -0.39 is 10.0 Å². The van der Waals surface area contributed by atoms with E-state index in [1.807, 2.05) is 31.2 Å². The molecule has 2 rings (SSSR count). The quantitative estimate of drug-likeness (QED) is 0.576. The Hall–Kier alpha value is -2.60. The number of nitrogens with one attached hydrogen (secondary N) is 1. The Morgan fingerprint density at radius 3 is 2.48 bits per heavy atom. The molecule has 0 aliphatic rings. The van der Waals surface area contributed by atoms with Gasteiger partial charge in [0.1, 0.15) is 5.75 Å². The van der Waals surface area contributed by atoms with Crippen molar-refractivity contribution in [3.05, 3.63) is 65.7 Å². The molecule has 0 atom stereocenters. The standard InChI is InChI=1S/C19H21NO4S/c1-3-24-18-7-5-6-15(14-18)8-13-19(21)16-9-11-17(12-10-16)20-25(22,23)4-2/h5-14,20H,3-4H2,1-2H3/b13-8+. The number of sulfonamides is 1. The van der Waals surface area contributed by atoms with Crippen LogP contribution in [-0.4, -0.2) is 26.6 Å². The number of allylic oxidation sites excluding steroid dienone is 1. The Balaban J connectivity index is 2.06. The molecule has 0 heterocycles. The van der Waals surface area contributed by atoms with Crippen molar-refractivity contribution < 1.29 is 17.9 Å². The predicted octanol–water partition coefficient (Wildman–Crippen LogP) is 3.74. The van der Waals surface area contributed by atoms with Crippen molar-refractivity contribution in [2.75, 3.05) is 17.1 Å². The minimum absolute atomic E-state index is 0.00275. The number of benzene rings is 2. The van der Waals surface area contributed by atoms with Crippen LogP contribution in [0.25, 0.3) is 6.08 Å². The van der Waals surface area contributed by atoms with Crippen molar-refractivity contribution in [2.24, 2.45) is 0 Å². The van der Waals surface area contributed by atoms with Gasteiger partial charge < -0.3 is 4.74 Å². The number of hydrogen-bond donors (Lipinski definition) is 1. The maximum atomic E-state index is 12.2. The third-order valence-electron chi connectivity index (χ3n) is 3.42. The van der Waals surface area contributed by atoms with Crippen molar-refractivity contribution in [1.29, 1.82) is 0 Å².